The van der Waals surface area contributed by atoms with Crippen molar-refractivity contribution in [3.05, 3.63) is 65.2 Å². The fourth-order valence-corrected chi connectivity index (χ4v) is 3.90. The predicted molar refractivity (Wildman–Crippen MR) is 126 cm³/mol. The molecular weight excluding hydrogens is 388 g/mol. The Morgan fingerprint density at radius 1 is 1.13 bits per heavy atom. The highest BCUT2D eigenvalue weighted by Crippen LogP contribution is 2.27. The Morgan fingerprint density at radius 2 is 1.87 bits per heavy atom. The molecule has 0 spiro atoms. The van der Waals surface area contributed by atoms with Gasteiger partial charge in [0.2, 0.25) is 0 Å². The minimum atomic E-state index is -0.0799. The van der Waals surface area contributed by atoms with E-state index in [4.69, 9.17) is 0 Å². The van der Waals surface area contributed by atoms with E-state index in [0.29, 0.717) is 18.7 Å². The molecule has 6 nitrogen and oxygen atoms in total. The van der Waals surface area contributed by atoms with Gasteiger partial charge in [0.05, 0.1) is 0 Å². The van der Waals surface area contributed by atoms with Gasteiger partial charge in [0.25, 0.3) is 5.91 Å². The van der Waals surface area contributed by atoms with Crippen LogP contribution in [0.2, 0.25) is 0 Å². The Balaban J connectivity index is 1.61. The molecule has 1 atom stereocenters. The van der Waals surface area contributed by atoms with Crippen molar-refractivity contribution >= 4 is 17.6 Å². The van der Waals surface area contributed by atoms with Gasteiger partial charge in [-0.3, -0.25) is 4.79 Å². The molecule has 166 valence electrons. The molecule has 3 rings (SSSR count). The lowest BCUT2D eigenvalue weighted by atomic mass is 9.89. The van der Waals surface area contributed by atoms with Crippen molar-refractivity contribution in [3.8, 4) is 0 Å². The van der Waals surface area contributed by atoms with E-state index in [1.807, 2.05) is 80.2 Å². The number of amides is 3. The first-order valence-corrected chi connectivity index (χ1v) is 11.0. The van der Waals surface area contributed by atoms with E-state index in [2.05, 4.69) is 16.7 Å². The molecule has 0 saturated carbocycles. The number of rotatable bonds is 6. The Labute approximate surface area is 185 Å². The highest BCUT2D eigenvalue weighted by atomic mass is 16.2. The maximum Gasteiger partial charge on any atom is 0.317 e. The minimum absolute atomic E-state index is 0.00566. The van der Waals surface area contributed by atoms with Crippen molar-refractivity contribution < 1.29 is 9.59 Å². The van der Waals surface area contributed by atoms with E-state index >= 15 is 0 Å². The number of nitrogens with one attached hydrogen (secondary N) is 2. The summed E-state index contributed by atoms with van der Waals surface area (Å²) in [4.78, 5) is 29.1. The van der Waals surface area contributed by atoms with Crippen LogP contribution in [-0.4, -0.2) is 50.1 Å². The number of piperidine rings is 1. The standard InChI is InChI=1S/C25H34N4O2/c1-18(2)27-25(31)29-14-6-9-22(17-29)20-7-5-8-21(15-20)24(30)26-16-19-10-12-23(13-11-19)28(3)4/h5,7-8,10-13,15,18,22H,6,9,14,16-17H2,1-4H3,(H,26,30)(H,27,31)/t22-/m0/s1. The van der Waals surface area contributed by atoms with Gasteiger partial charge in [0.15, 0.2) is 0 Å². The molecule has 0 aliphatic carbocycles. The SMILES string of the molecule is CC(C)NC(=O)N1CCC[C@H](c2cccc(C(=O)NCc3ccc(N(C)C)cc3)c2)C1. The second-order valence-corrected chi connectivity index (χ2v) is 8.76. The molecule has 2 N–H and O–H groups in total. The number of likely N-dealkylation sites (tertiary alicyclic amines) is 1. The number of benzene rings is 2. The molecular formula is C25H34N4O2. The monoisotopic (exact) mass is 422 g/mol. The quantitative estimate of drug-likeness (QED) is 0.740. The molecule has 2 aromatic rings. The van der Waals surface area contributed by atoms with Crippen LogP contribution in [0.4, 0.5) is 10.5 Å². The number of hydrogen-bond acceptors (Lipinski definition) is 3. The summed E-state index contributed by atoms with van der Waals surface area (Å²) < 4.78 is 0. The van der Waals surface area contributed by atoms with E-state index in [1.54, 1.807) is 0 Å². The molecule has 1 aliphatic heterocycles. The highest BCUT2D eigenvalue weighted by Gasteiger charge is 2.25. The van der Waals surface area contributed by atoms with Crippen LogP contribution in [0, 0.1) is 0 Å². The first kappa shape index (κ1) is 22.7. The number of nitrogens with zero attached hydrogens (tertiary/aromatic N) is 2. The van der Waals surface area contributed by atoms with Crippen LogP contribution in [0.3, 0.4) is 0 Å². The smallest absolute Gasteiger partial charge is 0.317 e. The third kappa shape index (κ3) is 6.23. The maximum absolute atomic E-state index is 12.7. The first-order chi connectivity index (χ1) is 14.8. The predicted octanol–water partition coefficient (Wildman–Crippen LogP) is 3.98. The lowest BCUT2D eigenvalue weighted by Gasteiger charge is -2.33. The number of urea groups is 1. The molecule has 0 radical (unpaired) electrons. The third-order valence-corrected chi connectivity index (χ3v) is 5.65. The summed E-state index contributed by atoms with van der Waals surface area (Å²) in [5.41, 5.74) is 3.97. The summed E-state index contributed by atoms with van der Waals surface area (Å²) in [6.45, 7) is 5.89. The lowest BCUT2D eigenvalue weighted by Crippen LogP contribution is -2.47. The van der Waals surface area contributed by atoms with Crippen LogP contribution in [0.5, 0.6) is 0 Å². The van der Waals surface area contributed by atoms with E-state index in [0.717, 1.165) is 36.2 Å². The van der Waals surface area contributed by atoms with Gasteiger partial charge in [-0.05, 0) is 62.1 Å². The van der Waals surface area contributed by atoms with E-state index < -0.39 is 0 Å². The van der Waals surface area contributed by atoms with Gasteiger partial charge in [0, 0.05) is 56.9 Å². The van der Waals surface area contributed by atoms with Crippen LogP contribution in [0.1, 0.15) is 54.1 Å². The van der Waals surface area contributed by atoms with Gasteiger partial charge in [-0.2, -0.15) is 0 Å². The maximum atomic E-state index is 12.7. The number of anilines is 1. The zero-order chi connectivity index (χ0) is 22.4. The molecule has 1 heterocycles. The molecule has 0 bridgehead atoms. The largest absolute Gasteiger partial charge is 0.378 e. The first-order valence-electron chi connectivity index (χ1n) is 11.0. The Morgan fingerprint density at radius 3 is 2.55 bits per heavy atom. The second-order valence-electron chi connectivity index (χ2n) is 8.76. The van der Waals surface area contributed by atoms with Crippen molar-refractivity contribution in [3.63, 3.8) is 0 Å². The van der Waals surface area contributed by atoms with Gasteiger partial charge >= 0.3 is 6.03 Å². The summed E-state index contributed by atoms with van der Waals surface area (Å²) >= 11 is 0. The molecule has 3 amide bonds. The van der Waals surface area contributed by atoms with Gasteiger partial charge in [-0.1, -0.05) is 24.3 Å². The second kappa shape index (κ2) is 10.3. The molecule has 31 heavy (non-hydrogen) atoms. The third-order valence-electron chi connectivity index (χ3n) is 5.65. The molecule has 1 saturated heterocycles. The van der Waals surface area contributed by atoms with E-state index in [1.165, 1.54) is 0 Å². The van der Waals surface area contributed by atoms with Gasteiger partial charge in [-0.15, -0.1) is 0 Å². The highest BCUT2D eigenvalue weighted by molar-refractivity contribution is 5.94. The zero-order valence-corrected chi connectivity index (χ0v) is 19.0. The van der Waals surface area contributed by atoms with Crippen LogP contribution in [0.25, 0.3) is 0 Å². The summed E-state index contributed by atoms with van der Waals surface area (Å²) in [5.74, 6) is 0.168. The molecule has 0 aromatic heterocycles. The minimum Gasteiger partial charge on any atom is -0.378 e. The van der Waals surface area contributed by atoms with E-state index in [-0.39, 0.29) is 23.9 Å². The average molecular weight is 423 g/mol. The van der Waals surface area contributed by atoms with Crippen molar-refractivity contribution in [2.24, 2.45) is 0 Å². The number of hydrogen-bond donors (Lipinski definition) is 2. The Bertz CT molecular complexity index is 893. The van der Waals surface area contributed by atoms with Crippen LogP contribution in [-0.2, 0) is 6.54 Å². The molecule has 2 aromatic carbocycles. The van der Waals surface area contributed by atoms with Gasteiger partial charge < -0.3 is 20.4 Å². The van der Waals surface area contributed by atoms with Gasteiger partial charge in [0.1, 0.15) is 0 Å². The molecule has 6 heteroatoms. The molecule has 0 unspecified atom stereocenters. The summed E-state index contributed by atoms with van der Waals surface area (Å²) in [6.07, 6.45) is 1.99. The Hall–Kier alpha value is -3.02. The lowest BCUT2D eigenvalue weighted by molar-refractivity contribution is 0.0950. The summed E-state index contributed by atoms with van der Waals surface area (Å²) in [7, 11) is 4.01. The normalized spacial score (nSPS) is 16.2. The fraction of sp³-hybridized carbons (Fsp3) is 0.440. The number of carbonyl (C=O) groups excluding carboxylic acids is 2. The summed E-state index contributed by atoms with van der Waals surface area (Å²) in [5, 5.41) is 5.99. The molecule has 1 fully saturated rings. The summed E-state index contributed by atoms with van der Waals surface area (Å²) in [6, 6.07) is 16.1. The zero-order valence-electron chi connectivity index (χ0n) is 19.0. The fourth-order valence-electron chi connectivity index (χ4n) is 3.90. The van der Waals surface area contributed by atoms with Crippen molar-refractivity contribution in [1.29, 1.82) is 0 Å². The topological polar surface area (TPSA) is 64.7 Å². The van der Waals surface area contributed by atoms with Crippen molar-refractivity contribution in [2.75, 3.05) is 32.1 Å². The Kier molecular flexibility index (Phi) is 7.55. The van der Waals surface area contributed by atoms with Crippen LogP contribution >= 0.6 is 0 Å². The van der Waals surface area contributed by atoms with Gasteiger partial charge in [-0.25, -0.2) is 4.79 Å². The van der Waals surface area contributed by atoms with Crippen molar-refractivity contribution in [2.45, 2.75) is 45.2 Å². The molecule has 1 aliphatic rings. The van der Waals surface area contributed by atoms with E-state index in [9.17, 15) is 9.59 Å². The van der Waals surface area contributed by atoms with Crippen LogP contribution < -0.4 is 15.5 Å². The average Bonchev–Trinajstić information content (AvgIpc) is 2.77. The number of carbonyl (C=O) groups is 2. The van der Waals surface area contributed by atoms with Crippen LogP contribution in [0.15, 0.2) is 48.5 Å². The van der Waals surface area contributed by atoms with Crippen molar-refractivity contribution in [1.82, 2.24) is 15.5 Å².